The van der Waals surface area contributed by atoms with Gasteiger partial charge >= 0.3 is 0 Å². The van der Waals surface area contributed by atoms with E-state index in [1.54, 1.807) is 12.3 Å². The van der Waals surface area contributed by atoms with Gasteiger partial charge in [0.25, 0.3) is 0 Å². The predicted octanol–water partition coefficient (Wildman–Crippen LogP) is 0.315. The van der Waals surface area contributed by atoms with E-state index in [1.807, 2.05) is 11.0 Å². The summed E-state index contributed by atoms with van der Waals surface area (Å²) in [7, 11) is 0. The number of aromatic nitrogens is 1. The standard InChI is InChI=1S/C11H19N5O/c1-8(2)6-16(7-10(12)17)9-3-4-14-11(5-9)15-13/h3-5,8H,6-7,13H2,1-2H3,(H2,12,17)(H,14,15). The van der Waals surface area contributed by atoms with Gasteiger partial charge in [0.2, 0.25) is 5.91 Å². The highest BCUT2D eigenvalue weighted by Crippen LogP contribution is 2.17. The Kier molecular flexibility index (Phi) is 4.71. The number of carbonyl (C=O) groups is 1. The minimum absolute atomic E-state index is 0.187. The van der Waals surface area contributed by atoms with Crippen molar-refractivity contribution in [2.75, 3.05) is 23.4 Å². The number of carbonyl (C=O) groups excluding carboxylic acids is 1. The molecule has 5 N–H and O–H groups in total. The second-order valence-corrected chi connectivity index (χ2v) is 4.28. The monoisotopic (exact) mass is 237 g/mol. The van der Waals surface area contributed by atoms with Crippen molar-refractivity contribution < 1.29 is 4.79 Å². The quantitative estimate of drug-likeness (QED) is 0.489. The summed E-state index contributed by atoms with van der Waals surface area (Å²) in [5, 5.41) is 0. The average Bonchev–Trinajstić information content (AvgIpc) is 2.27. The number of hydrogen-bond acceptors (Lipinski definition) is 5. The third-order valence-electron chi connectivity index (χ3n) is 2.19. The predicted molar refractivity (Wildman–Crippen MR) is 68.3 cm³/mol. The van der Waals surface area contributed by atoms with Crippen LogP contribution in [0.4, 0.5) is 11.5 Å². The van der Waals surface area contributed by atoms with E-state index in [9.17, 15) is 4.79 Å². The molecule has 0 bridgehead atoms. The number of amides is 1. The Balaban J connectivity index is 2.90. The van der Waals surface area contributed by atoms with E-state index in [2.05, 4.69) is 24.3 Å². The molecule has 1 rings (SSSR count). The van der Waals surface area contributed by atoms with Crippen LogP contribution < -0.4 is 21.9 Å². The molecule has 0 aliphatic rings. The summed E-state index contributed by atoms with van der Waals surface area (Å²) >= 11 is 0. The smallest absolute Gasteiger partial charge is 0.236 e. The fraction of sp³-hybridized carbons (Fsp3) is 0.455. The molecule has 0 atom stereocenters. The van der Waals surface area contributed by atoms with E-state index in [1.165, 1.54) is 0 Å². The molecule has 0 aliphatic carbocycles. The number of rotatable bonds is 6. The van der Waals surface area contributed by atoms with Crippen LogP contribution in [0.15, 0.2) is 18.3 Å². The normalized spacial score (nSPS) is 10.4. The number of primary amides is 1. The molecule has 6 nitrogen and oxygen atoms in total. The van der Waals surface area contributed by atoms with E-state index in [-0.39, 0.29) is 12.5 Å². The molecular formula is C11H19N5O. The van der Waals surface area contributed by atoms with Gasteiger partial charge in [-0.15, -0.1) is 0 Å². The lowest BCUT2D eigenvalue weighted by Gasteiger charge is -2.25. The van der Waals surface area contributed by atoms with Crippen LogP contribution in [-0.2, 0) is 4.79 Å². The number of hydrogen-bond donors (Lipinski definition) is 3. The lowest BCUT2D eigenvalue weighted by Crippen LogP contribution is -2.36. The Morgan fingerprint density at radius 2 is 2.29 bits per heavy atom. The fourth-order valence-electron chi connectivity index (χ4n) is 1.59. The molecule has 1 heterocycles. The van der Waals surface area contributed by atoms with Crippen LogP contribution in [0.3, 0.4) is 0 Å². The first-order chi connectivity index (χ1) is 8.02. The lowest BCUT2D eigenvalue weighted by atomic mass is 10.2. The Morgan fingerprint density at radius 3 is 2.82 bits per heavy atom. The summed E-state index contributed by atoms with van der Waals surface area (Å²) in [6.07, 6.45) is 1.64. The molecule has 0 saturated carbocycles. The molecule has 0 saturated heterocycles. The summed E-state index contributed by atoms with van der Waals surface area (Å²) in [4.78, 5) is 17.0. The second-order valence-electron chi connectivity index (χ2n) is 4.28. The minimum atomic E-state index is -0.357. The first kappa shape index (κ1) is 13.2. The van der Waals surface area contributed by atoms with Crippen molar-refractivity contribution in [3.8, 4) is 0 Å². The van der Waals surface area contributed by atoms with Crippen molar-refractivity contribution in [2.24, 2.45) is 17.5 Å². The van der Waals surface area contributed by atoms with Crippen LogP contribution in [0.1, 0.15) is 13.8 Å². The molecule has 0 unspecified atom stereocenters. The summed E-state index contributed by atoms with van der Waals surface area (Å²) in [6, 6.07) is 3.61. The maximum atomic E-state index is 11.0. The van der Waals surface area contributed by atoms with Crippen molar-refractivity contribution in [2.45, 2.75) is 13.8 Å². The average molecular weight is 237 g/mol. The topological polar surface area (TPSA) is 97.3 Å². The molecule has 0 fully saturated rings. The van der Waals surface area contributed by atoms with Gasteiger partial charge in [0, 0.05) is 24.5 Å². The number of anilines is 2. The maximum Gasteiger partial charge on any atom is 0.236 e. The molecule has 0 radical (unpaired) electrons. The molecule has 6 heteroatoms. The van der Waals surface area contributed by atoms with E-state index in [4.69, 9.17) is 11.6 Å². The van der Waals surface area contributed by atoms with Gasteiger partial charge in [0.15, 0.2) is 0 Å². The lowest BCUT2D eigenvalue weighted by molar-refractivity contribution is -0.116. The molecule has 1 aromatic rings. The first-order valence-electron chi connectivity index (χ1n) is 5.49. The summed E-state index contributed by atoms with van der Waals surface area (Å²) < 4.78 is 0. The zero-order valence-electron chi connectivity index (χ0n) is 10.2. The zero-order chi connectivity index (χ0) is 12.8. The van der Waals surface area contributed by atoms with Gasteiger partial charge in [-0.1, -0.05) is 13.8 Å². The molecule has 0 aromatic carbocycles. The van der Waals surface area contributed by atoms with Gasteiger partial charge < -0.3 is 16.1 Å². The Labute approximate surface area is 101 Å². The van der Waals surface area contributed by atoms with Crippen molar-refractivity contribution >= 4 is 17.4 Å². The van der Waals surface area contributed by atoms with Crippen molar-refractivity contribution in [1.29, 1.82) is 0 Å². The van der Waals surface area contributed by atoms with Crippen LogP contribution in [0.25, 0.3) is 0 Å². The summed E-state index contributed by atoms with van der Waals surface area (Å²) in [5.41, 5.74) is 8.59. The Hall–Kier alpha value is -1.82. The molecule has 0 aliphatic heterocycles. The zero-order valence-corrected chi connectivity index (χ0v) is 10.2. The third kappa shape index (κ3) is 4.28. The minimum Gasteiger partial charge on any atom is -0.368 e. The maximum absolute atomic E-state index is 11.0. The first-order valence-corrected chi connectivity index (χ1v) is 5.49. The van der Waals surface area contributed by atoms with Crippen LogP contribution in [0.5, 0.6) is 0 Å². The van der Waals surface area contributed by atoms with E-state index in [0.717, 1.165) is 12.2 Å². The summed E-state index contributed by atoms with van der Waals surface area (Å²) in [6.45, 7) is 5.09. The van der Waals surface area contributed by atoms with Crippen LogP contribution in [0.2, 0.25) is 0 Å². The van der Waals surface area contributed by atoms with E-state index in [0.29, 0.717) is 11.7 Å². The number of nitrogens with two attached hydrogens (primary N) is 2. The highest BCUT2D eigenvalue weighted by molar-refractivity contribution is 5.79. The molecule has 94 valence electrons. The highest BCUT2D eigenvalue weighted by Gasteiger charge is 2.11. The molecule has 1 amide bonds. The van der Waals surface area contributed by atoms with Crippen molar-refractivity contribution in [3.63, 3.8) is 0 Å². The van der Waals surface area contributed by atoms with E-state index < -0.39 is 0 Å². The number of hydrazine groups is 1. The number of nitrogen functional groups attached to an aromatic ring is 1. The van der Waals surface area contributed by atoms with Gasteiger partial charge in [0.05, 0.1) is 6.54 Å². The largest absolute Gasteiger partial charge is 0.368 e. The molecule has 1 aromatic heterocycles. The number of nitrogens with zero attached hydrogens (tertiary/aromatic N) is 2. The Bertz CT molecular complexity index is 380. The fourth-order valence-corrected chi connectivity index (χ4v) is 1.59. The van der Waals surface area contributed by atoms with Crippen LogP contribution in [0, 0.1) is 5.92 Å². The van der Waals surface area contributed by atoms with Gasteiger partial charge in [-0.25, -0.2) is 10.8 Å². The number of nitrogens with one attached hydrogen (secondary N) is 1. The SMILES string of the molecule is CC(C)CN(CC(N)=O)c1ccnc(NN)c1. The van der Waals surface area contributed by atoms with Crippen molar-refractivity contribution in [1.82, 2.24) is 4.98 Å². The molecular weight excluding hydrogens is 218 g/mol. The summed E-state index contributed by atoms with van der Waals surface area (Å²) in [5.74, 6) is 5.93. The molecule has 17 heavy (non-hydrogen) atoms. The van der Waals surface area contributed by atoms with E-state index >= 15 is 0 Å². The van der Waals surface area contributed by atoms with Crippen molar-refractivity contribution in [3.05, 3.63) is 18.3 Å². The van der Waals surface area contributed by atoms with Gasteiger partial charge in [-0.2, -0.15) is 0 Å². The van der Waals surface area contributed by atoms with Crippen LogP contribution in [-0.4, -0.2) is 24.0 Å². The van der Waals surface area contributed by atoms with Gasteiger partial charge in [-0.3, -0.25) is 4.79 Å². The molecule has 0 spiro atoms. The van der Waals surface area contributed by atoms with Gasteiger partial charge in [0.1, 0.15) is 5.82 Å². The van der Waals surface area contributed by atoms with Gasteiger partial charge in [-0.05, 0) is 12.0 Å². The third-order valence-corrected chi connectivity index (χ3v) is 2.19. The highest BCUT2D eigenvalue weighted by atomic mass is 16.1. The van der Waals surface area contributed by atoms with Crippen LogP contribution >= 0.6 is 0 Å². The number of pyridine rings is 1. The second kappa shape index (κ2) is 6.05. The Morgan fingerprint density at radius 1 is 1.59 bits per heavy atom.